The number of ether oxygens (including phenoxy) is 1. The molecule has 8 heteroatoms. The van der Waals surface area contributed by atoms with Gasteiger partial charge in [0.25, 0.3) is 5.91 Å². The van der Waals surface area contributed by atoms with E-state index in [0.717, 1.165) is 11.6 Å². The zero-order valence-corrected chi connectivity index (χ0v) is 19.0. The van der Waals surface area contributed by atoms with E-state index >= 15 is 0 Å². The fraction of sp³-hybridized carbons (Fsp3) is 0.143. The summed E-state index contributed by atoms with van der Waals surface area (Å²) in [6.45, 7) is -0.434. The van der Waals surface area contributed by atoms with E-state index in [0.29, 0.717) is 10.8 Å². The number of hydrogen-bond acceptors (Lipinski definition) is 3. The highest BCUT2D eigenvalue weighted by atomic mass is 19.4. The van der Waals surface area contributed by atoms with Crippen LogP contribution in [-0.4, -0.2) is 23.0 Å². The number of carbonyl (C=O) groups excluding carboxylic acids is 1. The number of carboxylic acids is 1. The van der Waals surface area contributed by atoms with Crippen molar-refractivity contribution in [1.82, 2.24) is 5.32 Å². The maximum absolute atomic E-state index is 13.5. The van der Waals surface area contributed by atoms with Gasteiger partial charge in [0, 0.05) is 17.4 Å². The third-order valence-corrected chi connectivity index (χ3v) is 5.71. The molecule has 0 unspecified atom stereocenters. The van der Waals surface area contributed by atoms with Gasteiger partial charge in [-0.25, -0.2) is 4.79 Å². The van der Waals surface area contributed by atoms with Gasteiger partial charge < -0.3 is 15.2 Å². The normalized spacial score (nSPS) is 12.2. The molecule has 0 aliphatic heterocycles. The Labute approximate surface area is 205 Å². The van der Waals surface area contributed by atoms with Crippen LogP contribution >= 0.6 is 0 Å². The molecular weight excluding hydrogens is 471 g/mol. The number of amides is 1. The number of halogens is 3. The molecular formula is C28H22F3NO4. The summed E-state index contributed by atoms with van der Waals surface area (Å²) < 4.78 is 46.2. The first-order valence-electron chi connectivity index (χ1n) is 11.1. The van der Waals surface area contributed by atoms with Crippen molar-refractivity contribution in [3.05, 3.63) is 113 Å². The van der Waals surface area contributed by atoms with Gasteiger partial charge in [0.15, 0.2) is 0 Å². The number of aliphatic carboxylic acids is 1. The first kappa shape index (κ1) is 24.8. The SMILES string of the molecule is O=C(N[C@@H](Cc1ccccc1)C(=O)O)c1ccc2ccccc2c1OCc1ccccc1C(F)(F)F. The molecule has 0 heterocycles. The Bertz CT molecular complexity index is 1390. The third kappa shape index (κ3) is 5.66. The quantitative estimate of drug-likeness (QED) is 0.322. The lowest BCUT2D eigenvalue weighted by Crippen LogP contribution is -2.42. The maximum atomic E-state index is 13.5. The molecule has 1 atom stereocenters. The predicted molar refractivity (Wildman–Crippen MR) is 129 cm³/mol. The molecule has 0 aromatic heterocycles. The predicted octanol–water partition coefficient (Wildman–Crippen LogP) is 5.86. The summed E-state index contributed by atoms with van der Waals surface area (Å²) in [6.07, 6.45) is -4.50. The van der Waals surface area contributed by atoms with Crippen LogP contribution in [0.4, 0.5) is 13.2 Å². The lowest BCUT2D eigenvalue weighted by Gasteiger charge is -2.19. The Morgan fingerprint density at radius 3 is 2.25 bits per heavy atom. The van der Waals surface area contributed by atoms with Crippen molar-refractivity contribution in [2.75, 3.05) is 0 Å². The van der Waals surface area contributed by atoms with E-state index in [1.54, 1.807) is 60.7 Å². The number of benzene rings is 4. The van der Waals surface area contributed by atoms with Crippen molar-refractivity contribution in [1.29, 1.82) is 0 Å². The second-order valence-electron chi connectivity index (χ2n) is 8.16. The average Bonchev–Trinajstić information content (AvgIpc) is 2.87. The van der Waals surface area contributed by atoms with Crippen molar-refractivity contribution in [2.24, 2.45) is 0 Å². The Morgan fingerprint density at radius 2 is 1.53 bits per heavy atom. The summed E-state index contributed by atoms with van der Waals surface area (Å²) in [4.78, 5) is 25.1. The second kappa shape index (κ2) is 10.5. The molecule has 4 aromatic rings. The van der Waals surface area contributed by atoms with Gasteiger partial charge in [-0.15, -0.1) is 0 Å². The summed E-state index contributed by atoms with van der Waals surface area (Å²) in [6, 6.07) is 22.8. The van der Waals surface area contributed by atoms with Crippen molar-refractivity contribution in [2.45, 2.75) is 25.2 Å². The van der Waals surface area contributed by atoms with E-state index in [1.807, 2.05) is 0 Å². The molecule has 4 rings (SSSR count). The van der Waals surface area contributed by atoms with Crippen molar-refractivity contribution in [3.63, 3.8) is 0 Å². The van der Waals surface area contributed by atoms with Crippen LogP contribution in [0.3, 0.4) is 0 Å². The fourth-order valence-corrected chi connectivity index (χ4v) is 3.94. The smallest absolute Gasteiger partial charge is 0.416 e. The highest BCUT2D eigenvalue weighted by Gasteiger charge is 2.33. The number of alkyl halides is 3. The Morgan fingerprint density at radius 1 is 0.861 bits per heavy atom. The summed E-state index contributed by atoms with van der Waals surface area (Å²) in [7, 11) is 0. The lowest BCUT2D eigenvalue weighted by molar-refractivity contribution is -0.139. The Balaban J connectivity index is 1.66. The largest absolute Gasteiger partial charge is 0.487 e. The van der Waals surface area contributed by atoms with Gasteiger partial charge in [-0.05, 0) is 23.1 Å². The van der Waals surface area contributed by atoms with Crippen LogP contribution in [0.25, 0.3) is 10.8 Å². The molecule has 1 amide bonds. The molecule has 184 valence electrons. The average molecular weight is 493 g/mol. The number of carboxylic acid groups (broad SMARTS) is 1. The minimum absolute atomic E-state index is 0.0255. The number of hydrogen-bond donors (Lipinski definition) is 2. The summed E-state index contributed by atoms with van der Waals surface area (Å²) >= 11 is 0. The highest BCUT2D eigenvalue weighted by molar-refractivity contribution is 6.04. The van der Waals surface area contributed by atoms with Gasteiger partial charge in [0.1, 0.15) is 18.4 Å². The van der Waals surface area contributed by atoms with Gasteiger partial charge >= 0.3 is 12.1 Å². The monoisotopic (exact) mass is 493 g/mol. The minimum atomic E-state index is -4.56. The van der Waals surface area contributed by atoms with E-state index in [9.17, 15) is 27.9 Å². The topological polar surface area (TPSA) is 75.6 Å². The van der Waals surface area contributed by atoms with Crippen molar-refractivity contribution in [3.8, 4) is 5.75 Å². The Kier molecular flexibility index (Phi) is 7.24. The molecule has 0 saturated heterocycles. The fourth-order valence-electron chi connectivity index (χ4n) is 3.94. The van der Waals surface area contributed by atoms with Gasteiger partial charge in [-0.2, -0.15) is 13.2 Å². The number of carbonyl (C=O) groups is 2. The molecule has 0 spiro atoms. The zero-order valence-electron chi connectivity index (χ0n) is 19.0. The van der Waals surface area contributed by atoms with E-state index in [1.165, 1.54) is 24.3 Å². The van der Waals surface area contributed by atoms with Crippen LogP contribution < -0.4 is 10.1 Å². The van der Waals surface area contributed by atoms with E-state index in [-0.39, 0.29) is 23.3 Å². The van der Waals surface area contributed by atoms with E-state index < -0.39 is 36.3 Å². The van der Waals surface area contributed by atoms with Crippen LogP contribution in [0, 0.1) is 0 Å². The van der Waals surface area contributed by atoms with Crippen molar-refractivity contribution < 1.29 is 32.6 Å². The number of nitrogens with one attached hydrogen (secondary N) is 1. The number of rotatable bonds is 8. The van der Waals surface area contributed by atoms with E-state index in [4.69, 9.17) is 4.74 Å². The lowest BCUT2D eigenvalue weighted by atomic mass is 10.0. The van der Waals surface area contributed by atoms with Gasteiger partial charge in [0.05, 0.1) is 11.1 Å². The minimum Gasteiger partial charge on any atom is -0.487 e. The molecule has 5 nitrogen and oxygen atoms in total. The first-order valence-corrected chi connectivity index (χ1v) is 11.1. The molecule has 2 N–H and O–H groups in total. The van der Waals surface area contributed by atoms with Crippen LogP contribution in [0.15, 0.2) is 91.0 Å². The van der Waals surface area contributed by atoms with Gasteiger partial charge in [0.2, 0.25) is 0 Å². The van der Waals surface area contributed by atoms with Gasteiger partial charge in [-0.3, -0.25) is 4.79 Å². The summed E-state index contributed by atoms with van der Waals surface area (Å²) in [5.74, 6) is -1.84. The molecule has 36 heavy (non-hydrogen) atoms. The van der Waals surface area contributed by atoms with Gasteiger partial charge in [-0.1, -0.05) is 78.9 Å². The molecule has 0 bridgehead atoms. The molecule has 0 fully saturated rings. The molecule has 0 radical (unpaired) electrons. The van der Waals surface area contributed by atoms with Crippen LogP contribution in [-0.2, 0) is 24.0 Å². The van der Waals surface area contributed by atoms with Crippen LogP contribution in [0.1, 0.15) is 27.0 Å². The highest BCUT2D eigenvalue weighted by Crippen LogP contribution is 2.34. The van der Waals surface area contributed by atoms with Crippen molar-refractivity contribution >= 4 is 22.6 Å². The summed E-state index contributed by atoms with van der Waals surface area (Å²) in [5, 5.41) is 13.4. The third-order valence-electron chi connectivity index (χ3n) is 5.71. The molecule has 0 aliphatic rings. The molecule has 4 aromatic carbocycles. The number of fused-ring (bicyclic) bond motifs is 1. The molecule has 0 aliphatic carbocycles. The van der Waals surface area contributed by atoms with Crippen LogP contribution in [0.5, 0.6) is 5.75 Å². The van der Waals surface area contributed by atoms with E-state index in [2.05, 4.69) is 5.32 Å². The Hall–Kier alpha value is -4.33. The maximum Gasteiger partial charge on any atom is 0.416 e. The van der Waals surface area contributed by atoms with Crippen LogP contribution in [0.2, 0.25) is 0 Å². The second-order valence-corrected chi connectivity index (χ2v) is 8.16. The molecule has 0 saturated carbocycles. The standard InChI is InChI=1S/C28H22F3NO4/c29-28(30,31)23-13-7-5-11-20(23)17-36-25-21-12-6-4-10-19(21)14-15-22(25)26(33)32-24(27(34)35)16-18-8-2-1-3-9-18/h1-15,24H,16-17H2,(H,32,33)(H,34,35)/t24-/m0/s1. The first-order chi connectivity index (χ1) is 17.2. The summed E-state index contributed by atoms with van der Waals surface area (Å²) in [5.41, 5.74) is -0.164. The zero-order chi connectivity index (χ0) is 25.7.